The van der Waals surface area contributed by atoms with Crippen LogP contribution < -0.4 is 5.32 Å². The summed E-state index contributed by atoms with van der Waals surface area (Å²) in [5, 5.41) is 2.72. The SMILES string of the molecule is CCN1CCCC(COC(=O)OCNC)C1. The lowest BCUT2D eigenvalue weighted by Crippen LogP contribution is -2.37. The molecule has 0 aliphatic carbocycles. The third-order valence-electron chi connectivity index (χ3n) is 2.82. The van der Waals surface area contributed by atoms with Crippen LogP contribution in [0.1, 0.15) is 19.8 Å². The van der Waals surface area contributed by atoms with Gasteiger partial charge in [0.25, 0.3) is 0 Å². The summed E-state index contributed by atoms with van der Waals surface area (Å²) in [5.74, 6) is 0.454. The summed E-state index contributed by atoms with van der Waals surface area (Å²) >= 11 is 0. The van der Waals surface area contributed by atoms with Crippen molar-refractivity contribution in [2.24, 2.45) is 5.92 Å². The van der Waals surface area contributed by atoms with Gasteiger partial charge >= 0.3 is 6.16 Å². The van der Waals surface area contributed by atoms with Crippen LogP contribution in [0.3, 0.4) is 0 Å². The van der Waals surface area contributed by atoms with Gasteiger partial charge in [0.15, 0.2) is 0 Å². The summed E-state index contributed by atoms with van der Waals surface area (Å²) in [7, 11) is 1.72. The lowest BCUT2D eigenvalue weighted by atomic mass is 9.99. The first-order chi connectivity index (χ1) is 7.76. The van der Waals surface area contributed by atoms with E-state index in [1.54, 1.807) is 7.05 Å². The minimum absolute atomic E-state index is 0.199. The molecule has 1 heterocycles. The van der Waals surface area contributed by atoms with Crippen LogP contribution in [0.4, 0.5) is 4.79 Å². The predicted octanol–water partition coefficient (Wildman–Crippen LogP) is 1.05. The van der Waals surface area contributed by atoms with Gasteiger partial charge in [-0.3, -0.25) is 5.32 Å². The topological polar surface area (TPSA) is 50.8 Å². The second-order valence-corrected chi connectivity index (χ2v) is 4.10. The Morgan fingerprint density at radius 2 is 2.31 bits per heavy atom. The Morgan fingerprint density at radius 3 is 3.00 bits per heavy atom. The molecule has 0 amide bonds. The van der Waals surface area contributed by atoms with E-state index in [1.807, 2.05) is 0 Å². The van der Waals surface area contributed by atoms with Gasteiger partial charge in [0.05, 0.1) is 6.61 Å². The van der Waals surface area contributed by atoms with Crippen molar-refractivity contribution in [3.05, 3.63) is 0 Å². The molecular formula is C11H22N2O3. The van der Waals surface area contributed by atoms with E-state index < -0.39 is 6.16 Å². The fraction of sp³-hybridized carbons (Fsp3) is 0.909. The Hall–Kier alpha value is -0.810. The molecule has 1 saturated heterocycles. The first-order valence-corrected chi connectivity index (χ1v) is 5.92. The summed E-state index contributed by atoms with van der Waals surface area (Å²) in [6.45, 7) is 6.09. The molecule has 5 nitrogen and oxygen atoms in total. The molecule has 0 spiro atoms. The van der Waals surface area contributed by atoms with Gasteiger partial charge in [0.1, 0.15) is 6.73 Å². The number of hydrogen-bond acceptors (Lipinski definition) is 5. The van der Waals surface area contributed by atoms with E-state index in [0.29, 0.717) is 12.5 Å². The van der Waals surface area contributed by atoms with Gasteiger partial charge in [-0.1, -0.05) is 6.92 Å². The Bertz CT molecular complexity index is 211. The van der Waals surface area contributed by atoms with Crippen molar-refractivity contribution in [1.82, 2.24) is 10.2 Å². The molecule has 94 valence electrons. The Labute approximate surface area is 97.1 Å². The molecule has 1 fully saturated rings. The number of nitrogens with zero attached hydrogens (tertiary/aromatic N) is 1. The molecule has 0 radical (unpaired) electrons. The largest absolute Gasteiger partial charge is 0.509 e. The summed E-state index contributed by atoms with van der Waals surface area (Å²) in [4.78, 5) is 13.5. The first kappa shape index (κ1) is 13.3. The molecule has 1 rings (SSSR count). The van der Waals surface area contributed by atoms with Crippen LogP contribution in [-0.4, -0.2) is 51.1 Å². The van der Waals surface area contributed by atoms with Crippen molar-refractivity contribution in [3.63, 3.8) is 0 Å². The van der Waals surface area contributed by atoms with E-state index in [1.165, 1.54) is 6.42 Å². The van der Waals surface area contributed by atoms with Crippen LogP contribution in [0.25, 0.3) is 0 Å². The molecule has 0 saturated carbocycles. The van der Waals surface area contributed by atoms with Crippen molar-refractivity contribution in [1.29, 1.82) is 0 Å². The zero-order valence-corrected chi connectivity index (χ0v) is 10.2. The zero-order valence-electron chi connectivity index (χ0n) is 10.2. The van der Waals surface area contributed by atoms with Gasteiger partial charge in [-0.15, -0.1) is 0 Å². The maximum atomic E-state index is 11.1. The smallest absolute Gasteiger partial charge is 0.434 e. The number of rotatable bonds is 5. The average molecular weight is 230 g/mol. The van der Waals surface area contributed by atoms with Crippen LogP contribution in [-0.2, 0) is 9.47 Å². The highest BCUT2D eigenvalue weighted by Gasteiger charge is 2.20. The monoisotopic (exact) mass is 230 g/mol. The highest BCUT2D eigenvalue weighted by Crippen LogP contribution is 2.16. The van der Waals surface area contributed by atoms with E-state index in [4.69, 9.17) is 9.47 Å². The van der Waals surface area contributed by atoms with Gasteiger partial charge in [0.2, 0.25) is 0 Å². The number of nitrogens with one attached hydrogen (secondary N) is 1. The summed E-state index contributed by atoms with van der Waals surface area (Å²) in [5.41, 5.74) is 0. The molecule has 0 aromatic heterocycles. The van der Waals surface area contributed by atoms with Crippen LogP contribution in [0, 0.1) is 5.92 Å². The second-order valence-electron chi connectivity index (χ2n) is 4.10. The molecule has 1 unspecified atom stereocenters. The van der Waals surface area contributed by atoms with Crippen LogP contribution in [0.5, 0.6) is 0 Å². The van der Waals surface area contributed by atoms with Crippen molar-refractivity contribution >= 4 is 6.16 Å². The lowest BCUT2D eigenvalue weighted by molar-refractivity contribution is 0.0294. The first-order valence-electron chi connectivity index (χ1n) is 5.92. The van der Waals surface area contributed by atoms with Crippen LogP contribution >= 0.6 is 0 Å². The molecule has 1 aliphatic heterocycles. The van der Waals surface area contributed by atoms with Gasteiger partial charge in [-0.2, -0.15) is 0 Å². The van der Waals surface area contributed by atoms with E-state index in [-0.39, 0.29) is 6.73 Å². The van der Waals surface area contributed by atoms with Crippen molar-refractivity contribution < 1.29 is 14.3 Å². The van der Waals surface area contributed by atoms with Crippen LogP contribution in [0.15, 0.2) is 0 Å². The molecule has 0 aromatic carbocycles. The molecule has 16 heavy (non-hydrogen) atoms. The van der Waals surface area contributed by atoms with Gasteiger partial charge < -0.3 is 14.4 Å². The summed E-state index contributed by atoms with van der Waals surface area (Å²) in [6.07, 6.45) is 1.74. The second kappa shape index (κ2) is 7.46. The van der Waals surface area contributed by atoms with E-state index in [0.717, 1.165) is 26.1 Å². The maximum absolute atomic E-state index is 11.1. The van der Waals surface area contributed by atoms with Gasteiger partial charge in [-0.05, 0) is 33.0 Å². The Morgan fingerprint density at radius 1 is 1.50 bits per heavy atom. The Kier molecular flexibility index (Phi) is 6.18. The molecule has 0 aromatic rings. The highest BCUT2D eigenvalue weighted by atomic mass is 16.7. The molecule has 0 bridgehead atoms. The van der Waals surface area contributed by atoms with Crippen molar-refractivity contribution in [3.8, 4) is 0 Å². The van der Waals surface area contributed by atoms with Gasteiger partial charge in [0, 0.05) is 12.5 Å². The molecule has 1 atom stereocenters. The summed E-state index contributed by atoms with van der Waals surface area (Å²) < 4.78 is 9.80. The van der Waals surface area contributed by atoms with Crippen LogP contribution in [0.2, 0.25) is 0 Å². The third kappa shape index (κ3) is 4.81. The molecular weight excluding hydrogens is 208 g/mol. The number of carbonyl (C=O) groups excluding carboxylic acids is 1. The van der Waals surface area contributed by atoms with E-state index in [2.05, 4.69) is 17.1 Å². The van der Waals surface area contributed by atoms with E-state index >= 15 is 0 Å². The standard InChI is InChI=1S/C11H22N2O3/c1-3-13-6-4-5-10(7-13)8-15-11(14)16-9-12-2/h10,12H,3-9H2,1-2H3. The maximum Gasteiger partial charge on any atom is 0.509 e. The number of hydrogen-bond donors (Lipinski definition) is 1. The molecule has 1 N–H and O–H groups in total. The van der Waals surface area contributed by atoms with Gasteiger partial charge in [-0.25, -0.2) is 4.79 Å². The predicted molar refractivity (Wildman–Crippen MR) is 61.2 cm³/mol. The average Bonchev–Trinajstić information content (AvgIpc) is 2.34. The Balaban J connectivity index is 2.14. The molecule has 5 heteroatoms. The highest BCUT2D eigenvalue weighted by molar-refractivity contribution is 5.59. The third-order valence-corrected chi connectivity index (χ3v) is 2.82. The minimum atomic E-state index is -0.581. The number of likely N-dealkylation sites (tertiary alicyclic amines) is 1. The summed E-state index contributed by atoms with van der Waals surface area (Å²) in [6, 6.07) is 0. The van der Waals surface area contributed by atoms with E-state index in [9.17, 15) is 4.79 Å². The number of ether oxygens (including phenoxy) is 2. The minimum Gasteiger partial charge on any atom is -0.434 e. The fourth-order valence-corrected chi connectivity index (χ4v) is 1.93. The quantitative estimate of drug-likeness (QED) is 0.565. The number of piperidine rings is 1. The van der Waals surface area contributed by atoms with Crippen molar-refractivity contribution in [2.45, 2.75) is 19.8 Å². The molecule has 1 aliphatic rings. The number of carbonyl (C=O) groups is 1. The lowest BCUT2D eigenvalue weighted by Gasteiger charge is -2.31. The zero-order chi connectivity index (χ0) is 11.8. The van der Waals surface area contributed by atoms with Crippen molar-refractivity contribution in [2.75, 3.05) is 40.0 Å². The fourth-order valence-electron chi connectivity index (χ4n) is 1.93. The normalized spacial score (nSPS) is 21.8.